The number of nitrogens with zero attached hydrogens (tertiary/aromatic N) is 6. The Hall–Kier alpha value is -3.16. The number of piperidine rings is 1. The van der Waals surface area contributed by atoms with E-state index in [1.165, 1.54) is 0 Å². The monoisotopic (exact) mass is 436 g/mol. The van der Waals surface area contributed by atoms with Crippen molar-refractivity contribution in [3.63, 3.8) is 0 Å². The fraction of sp³-hybridized carbons (Fsp3) is 0.500. The van der Waals surface area contributed by atoms with Gasteiger partial charge in [-0.05, 0) is 57.9 Å². The number of aromatic nitrogens is 4. The lowest BCUT2D eigenvalue weighted by atomic mass is 9.96. The fourth-order valence-electron chi connectivity index (χ4n) is 4.34. The van der Waals surface area contributed by atoms with Crippen LogP contribution in [0.25, 0.3) is 10.9 Å². The van der Waals surface area contributed by atoms with Crippen LogP contribution in [-0.4, -0.2) is 63.3 Å². The minimum absolute atomic E-state index is 0.0405. The number of fused-ring (bicyclic) bond motifs is 1. The van der Waals surface area contributed by atoms with Crippen LogP contribution >= 0.6 is 0 Å². The van der Waals surface area contributed by atoms with Crippen LogP contribution in [0.3, 0.4) is 0 Å². The molecule has 1 amide bonds. The number of benzene rings is 1. The number of likely N-dealkylation sites (N-methyl/N-ethyl adjacent to an activating group) is 1. The number of amides is 1. The van der Waals surface area contributed by atoms with Crippen molar-refractivity contribution < 1.29 is 9.53 Å². The van der Waals surface area contributed by atoms with Crippen LogP contribution in [0.15, 0.2) is 36.7 Å². The smallest absolute Gasteiger partial charge is 0.227 e. The van der Waals surface area contributed by atoms with Crippen molar-refractivity contribution in [2.24, 2.45) is 5.92 Å². The van der Waals surface area contributed by atoms with E-state index in [9.17, 15) is 4.79 Å². The van der Waals surface area contributed by atoms with Gasteiger partial charge >= 0.3 is 0 Å². The number of anilines is 1. The first kappa shape index (κ1) is 22.0. The predicted octanol–water partition coefficient (Wildman–Crippen LogP) is 3.30. The van der Waals surface area contributed by atoms with E-state index in [0.29, 0.717) is 38.7 Å². The molecule has 4 rings (SSSR count). The summed E-state index contributed by atoms with van der Waals surface area (Å²) in [6.45, 7) is 10.2. The molecule has 0 spiro atoms. The largest absolute Gasteiger partial charge is 0.494 e. The zero-order valence-electron chi connectivity index (χ0n) is 19.2. The zero-order chi connectivity index (χ0) is 22.5. The van der Waals surface area contributed by atoms with E-state index in [0.717, 1.165) is 41.7 Å². The third-order valence-electron chi connectivity index (χ3n) is 6.06. The molecule has 1 aromatic carbocycles. The molecule has 3 aromatic rings. The Labute approximate surface area is 189 Å². The second-order valence-electron chi connectivity index (χ2n) is 8.19. The highest BCUT2D eigenvalue weighted by atomic mass is 16.5. The van der Waals surface area contributed by atoms with Crippen LogP contribution < -0.4 is 9.64 Å². The molecule has 1 aliphatic rings. The normalized spacial score (nSPS) is 16.3. The summed E-state index contributed by atoms with van der Waals surface area (Å²) in [5.74, 6) is 1.71. The average molecular weight is 437 g/mol. The van der Waals surface area contributed by atoms with E-state index in [2.05, 4.69) is 10.00 Å². The van der Waals surface area contributed by atoms with Crippen molar-refractivity contribution >= 4 is 22.8 Å². The van der Waals surface area contributed by atoms with Crippen molar-refractivity contribution in [1.29, 1.82) is 0 Å². The molecule has 0 N–H and O–H groups in total. The average Bonchev–Trinajstić information content (AvgIpc) is 3.33. The molecule has 8 nitrogen and oxygen atoms in total. The van der Waals surface area contributed by atoms with Crippen LogP contribution in [0.4, 0.5) is 5.95 Å². The molecular weight excluding hydrogens is 404 g/mol. The highest BCUT2D eigenvalue weighted by molar-refractivity contribution is 5.83. The minimum atomic E-state index is -0.0405. The lowest BCUT2D eigenvalue weighted by Crippen LogP contribution is -2.46. The number of carbonyl (C=O) groups is 1. The lowest BCUT2D eigenvalue weighted by molar-refractivity contribution is -0.135. The molecule has 2 aromatic heterocycles. The number of rotatable bonds is 8. The van der Waals surface area contributed by atoms with Gasteiger partial charge < -0.3 is 14.5 Å². The molecule has 170 valence electrons. The van der Waals surface area contributed by atoms with Gasteiger partial charge in [0.05, 0.1) is 30.3 Å². The van der Waals surface area contributed by atoms with Crippen molar-refractivity contribution in [1.82, 2.24) is 24.6 Å². The van der Waals surface area contributed by atoms with E-state index in [1.54, 1.807) is 6.20 Å². The Morgan fingerprint density at radius 3 is 2.91 bits per heavy atom. The predicted molar refractivity (Wildman–Crippen MR) is 125 cm³/mol. The van der Waals surface area contributed by atoms with Gasteiger partial charge in [-0.15, -0.1) is 0 Å². The third kappa shape index (κ3) is 4.84. The second-order valence-corrected chi connectivity index (χ2v) is 8.19. The summed E-state index contributed by atoms with van der Waals surface area (Å²) in [5.41, 5.74) is 1.83. The van der Waals surface area contributed by atoms with E-state index in [-0.39, 0.29) is 11.8 Å². The Balaban J connectivity index is 1.47. The number of hydrogen-bond donors (Lipinski definition) is 0. The maximum atomic E-state index is 13.3. The van der Waals surface area contributed by atoms with Gasteiger partial charge in [0.2, 0.25) is 11.9 Å². The van der Waals surface area contributed by atoms with Gasteiger partial charge in [0, 0.05) is 44.0 Å². The molecule has 1 atom stereocenters. The Bertz CT molecular complexity index is 1050. The minimum Gasteiger partial charge on any atom is -0.494 e. The first-order chi connectivity index (χ1) is 15.6. The quantitative estimate of drug-likeness (QED) is 0.539. The molecule has 0 aliphatic carbocycles. The maximum absolute atomic E-state index is 13.3. The SMILES string of the molecule is CCOc1ccc2nc(N3CCCC(C(=O)N(CC)CCn4cccn4)C3)nc(C)c2c1. The summed E-state index contributed by atoms with van der Waals surface area (Å²) in [7, 11) is 0. The Morgan fingerprint density at radius 1 is 1.28 bits per heavy atom. The molecular formula is C24H32N6O2. The highest BCUT2D eigenvalue weighted by Gasteiger charge is 2.30. The number of carbonyl (C=O) groups excluding carboxylic acids is 1. The fourth-order valence-corrected chi connectivity index (χ4v) is 4.34. The molecule has 8 heteroatoms. The van der Waals surface area contributed by atoms with Gasteiger partial charge in [0.25, 0.3) is 0 Å². The van der Waals surface area contributed by atoms with Crippen molar-refractivity contribution in [2.75, 3.05) is 37.7 Å². The summed E-state index contributed by atoms with van der Waals surface area (Å²) in [5, 5.41) is 5.24. The number of hydrogen-bond acceptors (Lipinski definition) is 6. The van der Waals surface area contributed by atoms with E-state index in [4.69, 9.17) is 14.7 Å². The van der Waals surface area contributed by atoms with Gasteiger partial charge in [-0.25, -0.2) is 9.97 Å². The van der Waals surface area contributed by atoms with Crippen LogP contribution in [0.1, 0.15) is 32.4 Å². The molecule has 1 saturated heterocycles. The molecule has 1 unspecified atom stereocenters. The topological polar surface area (TPSA) is 76.4 Å². The van der Waals surface area contributed by atoms with Crippen molar-refractivity contribution in [3.05, 3.63) is 42.4 Å². The lowest BCUT2D eigenvalue weighted by Gasteiger charge is -2.35. The van der Waals surface area contributed by atoms with Gasteiger partial charge in [-0.3, -0.25) is 9.48 Å². The van der Waals surface area contributed by atoms with Crippen LogP contribution in [-0.2, 0) is 11.3 Å². The summed E-state index contributed by atoms with van der Waals surface area (Å²) in [4.78, 5) is 27.0. The van der Waals surface area contributed by atoms with Crippen molar-refractivity contribution in [3.8, 4) is 5.75 Å². The van der Waals surface area contributed by atoms with Crippen LogP contribution in [0.5, 0.6) is 5.75 Å². The number of aryl methyl sites for hydroxylation is 1. The highest BCUT2D eigenvalue weighted by Crippen LogP contribution is 2.27. The van der Waals surface area contributed by atoms with Gasteiger partial charge in [-0.1, -0.05) is 0 Å². The first-order valence-corrected chi connectivity index (χ1v) is 11.5. The van der Waals surface area contributed by atoms with Crippen LogP contribution in [0, 0.1) is 12.8 Å². The summed E-state index contributed by atoms with van der Waals surface area (Å²) in [6.07, 6.45) is 5.55. The van der Waals surface area contributed by atoms with Crippen LogP contribution in [0.2, 0.25) is 0 Å². The van der Waals surface area contributed by atoms with E-state index < -0.39 is 0 Å². The molecule has 0 saturated carbocycles. The molecule has 32 heavy (non-hydrogen) atoms. The summed E-state index contributed by atoms with van der Waals surface area (Å²) in [6, 6.07) is 7.84. The van der Waals surface area contributed by atoms with E-state index >= 15 is 0 Å². The Morgan fingerprint density at radius 2 is 2.16 bits per heavy atom. The maximum Gasteiger partial charge on any atom is 0.227 e. The molecule has 3 heterocycles. The second kappa shape index (κ2) is 9.97. The Kier molecular flexibility index (Phi) is 6.87. The molecule has 0 bridgehead atoms. The van der Waals surface area contributed by atoms with Gasteiger partial charge in [-0.2, -0.15) is 5.10 Å². The summed E-state index contributed by atoms with van der Waals surface area (Å²) >= 11 is 0. The molecule has 0 radical (unpaired) electrons. The zero-order valence-corrected chi connectivity index (χ0v) is 19.2. The summed E-state index contributed by atoms with van der Waals surface area (Å²) < 4.78 is 7.49. The van der Waals surface area contributed by atoms with Gasteiger partial charge in [0.15, 0.2) is 0 Å². The molecule has 1 fully saturated rings. The number of ether oxygens (including phenoxy) is 1. The molecule has 1 aliphatic heterocycles. The third-order valence-corrected chi connectivity index (χ3v) is 6.06. The van der Waals surface area contributed by atoms with Crippen molar-refractivity contribution in [2.45, 2.75) is 40.2 Å². The van der Waals surface area contributed by atoms with Gasteiger partial charge in [0.1, 0.15) is 5.75 Å². The first-order valence-electron chi connectivity index (χ1n) is 11.5. The standard InChI is InChI=1S/C24H32N6O2/c1-4-28(14-15-30-13-7-11-25-30)23(31)19-8-6-12-29(17-19)24-26-18(3)21-16-20(32-5-2)9-10-22(21)27-24/h7,9-11,13,16,19H,4-6,8,12,14-15,17H2,1-3H3. The van der Waals surface area contributed by atoms with E-state index in [1.807, 2.05) is 60.8 Å².